The third-order valence-electron chi connectivity index (χ3n) is 4.12. The summed E-state index contributed by atoms with van der Waals surface area (Å²) < 4.78 is 5.19. The lowest BCUT2D eigenvalue weighted by atomic mass is 10.1. The standard InChI is InChI=1S/C19H25N3O3/c1-5-12(2)21-18(23)8-9-20-19(24)16-10-14-6-7-15(25-4)11-17(14)22-13(16)3/h6-7,10-12H,5,8-9H2,1-4H3,(H,20,24)(H,21,23)/t12-/m0/s1. The van der Waals surface area contributed by atoms with E-state index in [1.165, 1.54) is 0 Å². The van der Waals surface area contributed by atoms with Crippen LogP contribution in [0.25, 0.3) is 10.9 Å². The Morgan fingerprint density at radius 1 is 1.28 bits per heavy atom. The van der Waals surface area contributed by atoms with Crippen LogP contribution in [0.15, 0.2) is 24.3 Å². The van der Waals surface area contributed by atoms with E-state index in [1.54, 1.807) is 14.0 Å². The maximum Gasteiger partial charge on any atom is 0.253 e. The zero-order valence-corrected chi connectivity index (χ0v) is 15.2. The Bertz CT molecular complexity index is 774. The summed E-state index contributed by atoms with van der Waals surface area (Å²) in [5.74, 6) is 0.443. The first-order chi connectivity index (χ1) is 11.9. The molecule has 2 N–H and O–H groups in total. The summed E-state index contributed by atoms with van der Waals surface area (Å²) in [6.07, 6.45) is 1.14. The second-order valence-electron chi connectivity index (χ2n) is 6.06. The van der Waals surface area contributed by atoms with Crippen molar-refractivity contribution < 1.29 is 14.3 Å². The van der Waals surface area contributed by atoms with Gasteiger partial charge in [0.15, 0.2) is 0 Å². The van der Waals surface area contributed by atoms with Gasteiger partial charge in [-0.3, -0.25) is 14.6 Å². The quantitative estimate of drug-likeness (QED) is 0.810. The Morgan fingerprint density at radius 3 is 2.72 bits per heavy atom. The van der Waals surface area contributed by atoms with E-state index in [1.807, 2.05) is 38.1 Å². The van der Waals surface area contributed by atoms with Crippen LogP contribution in [0.5, 0.6) is 5.75 Å². The van der Waals surface area contributed by atoms with E-state index in [0.717, 1.165) is 23.1 Å². The lowest BCUT2D eigenvalue weighted by Crippen LogP contribution is -2.35. The first kappa shape index (κ1) is 18.7. The van der Waals surface area contributed by atoms with Gasteiger partial charge < -0.3 is 15.4 Å². The van der Waals surface area contributed by atoms with Gasteiger partial charge in [-0.15, -0.1) is 0 Å². The second-order valence-corrected chi connectivity index (χ2v) is 6.06. The lowest BCUT2D eigenvalue weighted by Gasteiger charge is -2.12. The highest BCUT2D eigenvalue weighted by atomic mass is 16.5. The van der Waals surface area contributed by atoms with Crippen LogP contribution in [0.4, 0.5) is 0 Å². The Morgan fingerprint density at radius 2 is 2.04 bits per heavy atom. The van der Waals surface area contributed by atoms with Gasteiger partial charge in [-0.05, 0) is 38.5 Å². The van der Waals surface area contributed by atoms with Gasteiger partial charge in [-0.1, -0.05) is 6.92 Å². The van der Waals surface area contributed by atoms with Crippen molar-refractivity contribution in [2.24, 2.45) is 0 Å². The van der Waals surface area contributed by atoms with Crippen molar-refractivity contribution in [1.82, 2.24) is 15.6 Å². The molecule has 0 radical (unpaired) electrons. The number of hydrogen-bond donors (Lipinski definition) is 2. The molecule has 2 rings (SSSR count). The van der Waals surface area contributed by atoms with Gasteiger partial charge in [-0.2, -0.15) is 0 Å². The smallest absolute Gasteiger partial charge is 0.253 e. The molecule has 25 heavy (non-hydrogen) atoms. The van der Waals surface area contributed by atoms with Crippen LogP contribution in [0.1, 0.15) is 42.7 Å². The average Bonchev–Trinajstić information content (AvgIpc) is 2.60. The van der Waals surface area contributed by atoms with Gasteiger partial charge in [0.1, 0.15) is 5.75 Å². The number of aromatic nitrogens is 1. The van der Waals surface area contributed by atoms with Gasteiger partial charge in [0.05, 0.1) is 23.9 Å². The molecule has 0 aliphatic rings. The largest absolute Gasteiger partial charge is 0.497 e. The first-order valence-electron chi connectivity index (χ1n) is 8.47. The molecule has 1 aromatic heterocycles. The lowest BCUT2D eigenvalue weighted by molar-refractivity contribution is -0.121. The predicted molar refractivity (Wildman–Crippen MR) is 97.9 cm³/mol. The fourth-order valence-corrected chi connectivity index (χ4v) is 2.43. The Labute approximate surface area is 148 Å². The summed E-state index contributed by atoms with van der Waals surface area (Å²) in [4.78, 5) is 28.6. The van der Waals surface area contributed by atoms with Crippen LogP contribution in [-0.2, 0) is 4.79 Å². The molecule has 1 atom stereocenters. The molecule has 1 heterocycles. The molecule has 2 amide bonds. The highest BCUT2D eigenvalue weighted by molar-refractivity contribution is 5.99. The van der Waals surface area contributed by atoms with E-state index in [0.29, 0.717) is 17.8 Å². The highest BCUT2D eigenvalue weighted by Crippen LogP contribution is 2.21. The van der Waals surface area contributed by atoms with Crippen LogP contribution in [0, 0.1) is 6.92 Å². The Hall–Kier alpha value is -2.63. The predicted octanol–water partition coefficient (Wildman–Crippen LogP) is 2.59. The summed E-state index contributed by atoms with van der Waals surface area (Å²) in [7, 11) is 1.60. The van der Waals surface area contributed by atoms with E-state index in [4.69, 9.17) is 4.74 Å². The number of nitrogens with one attached hydrogen (secondary N) is 2. The van der Waals surface area contributed by atoms with Crippen molar-refractivity contribution in [3.63, 3.8) is 0 Å². The number of ether oxygens (including phenoxy) is 1. The topological polar surface area (TPSA) is 80.3 Å². The van der Waals surface area contributed by atoms with Gasteiger partial charge in [-0.25, -0.2) is 0 Å². The highest BCUT2D eigenvalue weighted by Gasteiger charge is 2.13. The summed E-state index contributed by atoms with van der Waals surface area (Å²) in [6.45, 7) is 6.05. The third kappa shape index (κ3) is 4.92. The molecule has 6 nitrogen and oxygen atoms in total. The third-order valence-corrected chi connectivity index (χ3v) is 4.12. The van der Waals surface area contributed by atoms with E-state index in [-0.39, 0.29) is 24.3 Å². The summed E-state index contributed by atoms with van der Waals surface area (Å²) in [6, 6.07) is 7.50. The number of methoxy groups -OCH3 is 1. The number of fused-ring (bicyclic) bond motifs is 1. The van der Waals surface area contributed by atoms with E-state index >= 15 is 0 Å². The molecule has 0 saturated carbocycles. The van der Waals surface area contributed by atoms with Gasteiger partial charge >= 0.3 is 0 Å². The summed E-state index contributed by atoms with van der Waals surface area (Å²) in [5, 5.41) is 6.53. The maximum absolute atomic E-state index is 12.4. The number of aryl methyl sites for hydroxylation is 1. The number of carbonyl (C=O) groups excluding carboxylic acids is 2. The van der Waals surface area contributed by atoms with Crippen LogP contribution in [0.2, 0.25) is 0 Å². The molecule has 0 fully saturated rings. The zero-order valence-electron chi connectivity index (χ0n) is 15.2. The molecule has 6 heteroatoms. The average molecular weight is 343 g/mol. The second kappa shape index (κ2) is 8.46. The fraction of sp³-hybridized carbons (Fsp3) is 0.421. The number of hydrogen-bond acceptors (Lipinski definition) is 4. The van der Waals surface area contributed by atoms with Crippen molar-refractivity contribution in [1.29, 1.82) is 0 Å². The minimum absolute atomic E-state index is 0.0601. The van der Waals surface area contributed by atoms with Gasteiger partial charge in [0, 0.05) is 30.5 Å². The number of pyridine rings is 1. The molecule has 0 spiro atoms. The van der Waals surface area contributed by atoms with E-state index < -0.39 is 0 Å². The molecule has 0 saturated heterocycles. The Balaban J connectivity index is 2.02. The zero-order chi connectivity index (χ0) is 18.4. The number of benzene rings is 1. The van der Waals surface area contributed by atoms with Crippen molar-refractivity contribution in [3.05, 3.63) is 35.5 Å². The molecule has 0 aliphatic carbocycles. The molecule has 0 unspecified atom stereocenters. The molecule has 2 aromatic rings. The van der Waals surface area contributed by atoms with E-state index in [2.05, 4.69) is 15.6 Å². The molecular formula is C19H25N3O3. The molecule has 134 valence electrons. The van der Waals surface area contributed by atoms with Crippen molar-refractivity contribution in [3.8, 4) is 5.75 Å². The first-order valence-corrected chi connectivity index (χ1v) is 8.47. The fourth-order valence-electron chi connectivity index (χ4n) is 2.43. The SMILES string of the molecule is CC[C@H](C)NC(=O)CCNC(=O)c1cc2ccc(OC)cc2nc1C. The minimum Gasteiger partial charge on any atom is -0.497 e. The molecule has 0 bridgehead atoms. The van der Waals surface area contributed by atoms with Crippen LogP contribution in [0.3, 0.4) is 0 Å². The Kier molecular flexibility index (Phi) is 6.33. The molecule has 1 aromatic carbocycles. The number of carbonyl (C=O) groups is 2. The van der Waals surface area contributed by atoms with Gasteiger partial charge in [0.25, 0.3) is 5.91 Å². The number of rotatable bonds is 7. The number of amides is 2. The number of nitrogens with zero attached hydrogens (tertiary/aromatic N) is 1. The van der Waals surface area contributed by atoms with E-state index in [9.17, 15) is 9.59 Å². The van der Waals surface area contributed by atoms with Gasteiger partial charge in [0.2, 0.25) is 5.91 Å². The maximum atomic E-state index is 12.4. The van der Waals surface area contributed by atoms with Crippen molar-refractivity contribution in [2.45, 2.75) is 39.7 Å². The summed E-state index contributed by atoms with van der Waals surface area (Å²) in [5.41, 5.74) is 1.93. The van der Waals surface area contributed by atoms with Crippen LogP contribution in [-0.4, -0.2) is 36.5 Å². The van der Waals surface area contributed by atoms with Crippen LogP contribution >= 0.6 is 0 Å². The summed E-state index contributed by atoms with van der Waals surface area (Å²) >= 11 is 0. The van der Waals surface area contributed by atoms with Crippen molar-refractivity contribution >= 4 is 22.7 Å². The molecular weight excluding hydrogens is 318 g/mol. The molecule has 0 aliphatic heterocycles. The monoisotopic (exact) mass is 343 g/mol. The van der Waals surface area contributed by atoms with Crippen LogP contribution < -0.4 is 15.4 Å². The van der Waals surface area contributed by atoms with Crippen molar-refractivity contribution in [2.75, 3.05) is 13.7 Å². The normalized spacial score (nSPS) is 11.8. The minimum atomic E-state index is -0.223.